The van der Waals surface area contributed by atoms with Crippen LogP contribution in [-0.4, -0.2) is 11.3 Å². The Bertz CT molecular complexity index is 192. The molecule has 2 heteroatoms. The molecule has 74 valence electrons. The topological polar surface area (TPSA) is 43.1 Å². The number of hydrogen-bond donors (Lipinski definition) is 1. The lowest BCUT2D eigenvalue weighted by molar-refractivity contribution is -0.124. The number of Topliss-reactive ketones (excluding diaryl/α,β-unsaturated/α-hetero) is 1. The quantitative estimate of drug-likeness (QED) is 0.522. The molecular formula is C11H19NO. The molecule has 0 radical (unpaired) electrons. The maximum absolute atomic E-state index is 11.7. The van der Waals surface area contributed by atoms with Crippen LogP contribution in [0.2, 0.25) is 0 Å². The highest BCUT2D eigenvalue weighted by atomic mass is 16.1. The minimum absolute atomic E-state index is 0.256. The van der Waals surface area contributed by atoms with E-state index in [-0.39, 0.29) is 5.78 Å². The van der Waals surface area contributed by atoms with Gasteiger partial charge in [0.05, 0.1) is 5.54 Å². The van der Waals surface area contributed by atoms with Gasteiger partial charge in [-0.3, -0.25) is 4.79 Å². The van der Waals surface area contributed by atoms with Crippen molar-refractivity contribution in [1.29, 1.82) is 0 Å². The summed E-state index contributed by atoms with van der Waals surface area (Å²) in [5.74, 6) is 0.256. The van der Waals surface area contributed by atoms with Crippen LogP contribution in [0.4, 0.5) is 0 Å². The zero-order valence-corrected chi connectivity index (χ0v) is 8.22. The summed E-state index contributed by atoms with van der Waals surface area (Å²) in [5.41, 5.74) is 5.54. The van der Waals surface area contributed by atoms with Gasteiger partial charge in [0.15, 0.2) is 5.78 Å². The van der Waals surface area contributed by atoms with Crippen LogP contribution in [0, 0.1) is 0 Å². The van der Waals surface area contributed by atoms with Gasteiger partial charge in [0.1, 0.15) is 0 Å². The molecule has 0 atom stereocenters. The zero-order valence-electron chi connectivity index (χ0n) is 8.22. The van der Waals surface area contributed by atoms with Crippen molar-refractivity contribution in [2.75, 3.05) is 0 Å². The molecule has 1 fully saturated rings. The molecule has 0 aromatic carbocycles. The molecule has 2 N–H and O–H groups in total. The van der Waals surface area contributed by atoms with Crippen molar-refractivity contribution in [3.05, 3.63) is 12.7 Å². The summed E-state index contributed by atoms with van der Waals surface area (Å²) >= 11 is 0. The van der Waals surface area contributed by atoms with E-state index in [0.717, 1.165) is 38.5 Å². The average molecular weight is 181 g/mol. The molecule has 2 nitrogen and oxygen atoms in total. The predicted molar refractivity (Wildman–Crippen MR) is 54.4 cm³/mol. The third-order valence-corrected chi connectivity index (χ3v) is 2.86. The molecule has 0 bridgehead atoms. The number of hydrogen-bond acceptors (Lipinski definition) is 2. The predicted octanol–water partition coefficient (Wildman–Crippen LogP) is 2.18. The molecule has 0 amide bonds. The molecule has 0 unspecified atom stereocenters. The Morgan fingerprint density at radius 1 is 1.46 bits per heavy atom. The molecule has 0 heterocycles. The number of ketones is 1. The second-order valence-corrected chi connectivity index (χ2v) is 3.97. The first-order chi connectivity index (χ1) is 6.19. The average Bonchev–Trinajstić information content (AvgIpc) is 2.54. The summed E-state index contributed by atoms with van der Waals surface area (Å²) < 4.78 is 0. The lowest BCUT2D eigenvalue weighted by atomic mass is 9.90. The van der Waals surface area contributed by atoms with E-state index < -0.39 is 5.54 Å². The first-order valence-electron chi connectivity index (χ1n) is 5.12. The molecule has 0 aliphatic heterocycles. The molecule has 1 aliphatic carbocycles. The second-order valence-electron chi connectivity index (χ2n) is 3.97. The molecule has 1 saturated carbocycles. The van der Waals surface area contributed by atoms with Gasteiger partial charge in [0.25, 0.3) is 0 Å². The fourth-order valence-electron chi connectivity index (χ4n) is 1.94. The number of carbonyl (C=O) groups excluding carboxylic acids is 1. The van der Waals surface area contributed by atoms with Crippen LogP contribution in [0.3, 0.4) is 0 Å². The summed E-state index contributed by atoms with van der Waals surface area (Å²) in [7, 11) is 0. The molecule has 0 aromatic rings. The number of rotatable bonds is 5. The first kappa shape index (κ1) is 10.5. The Morgan fingerprint density at radius 3 is 2.62 bits per heavy atom. The van der Waals surface area contributed by atoms with Crippen LogP contribution in [-0.2, 0) is 4.79 Å². The van der Waals surface area contributed by atoms with Crippen LogP contribution < -0.4 is 5.73 Å². The summed E-state index contributed by atoms with van der Waals surface area (Å²) in [5, 5.41) is 0. The number of allylic oxidation sites excluding steroid dienone is 1. The number of unbranched alkanes of at least 4 members (excludes halogenated alkanes) is 1. The normalized spacial score (nSPS) is 20.1. The highest BCUT2D eigenvalue weighted by molar-refractivity contribution is 5.88. The van der Waals surface area contributed by atoms with E-state index in [1.54, 1.807) is 0 Å². The largest absolute Gasteiger partial charge is 0.319 e. The second kappa shape index (κ2) is 4.56. The summed E-state index contributed by atoms with van der Waals surface area (Å²) in [6.45, 7) is 3.63. The van der Waals surface area contributed by atoms with Gasteiger partial charge in [0, 0.05) is 6.42 Å². The van der Waals surface area contributed by atoms with E-state index in [1.165, 1.54) is 0 Å². The number of carbonyl (C=O) groups is 1. The summed E-state index contributed by atoms with van der Waals surface area (Å²) in [6.07, 6.45) is 8.31. The van der Waals surface area contributed by atoms with Gasteiger partial charge >= 0.3 is 0 Å². The number of nitrogens with two attached hydrogens (primary N) is 1. The van der Waals surface area contributed by atoms with E-state index in [0.29, 0.717) is 6.42 Å². The summed E-state index contributed by atoms with van der Waals surface area (Å²) in [6, 6.07) is 0. The maximum atomic E-state index is 11.7. The highest BCUT2D eigenvalue weighted by Gasteiger charge is 2.35. The van der Waals surface area contributed by atoms with Crippen molar-refractivity contribution < 1.29 is 4.79 Å². The monoisotopic (exact) mass is 181 g/mol. The maximum Gasteiger partial charge on any atom is 0.152 e. The molecule has 0 spiro atoms. The highest BCUT2D eigenvalue weighted by Crippen LogP contribution is 2.29. The van der Waals surface area contributed by atoms with Gasteiger partial charge in [-0.1, -0.05) is 18.9 Å². The smallest absolute Gasteiger partial charge is 0.152 e. The summed E-state index contributed by atoms with van der Waals surface area (Å²) in [4.78, 5) is 11.7. The van der Waals surface area contributed by atoms with Gasteiger partial charge in [-0.25, -0.2) is 0 Å². The molecule has 0 saturated heterocycles. The fraction of sp³-hybridized carbons (Fsp3) is 0.727. The van der Waals surface area contributed by atoms with Gasteiger partial charge in [-0.05, 0) is 25.7 Å². The van der Waals surface area contributed by atoms with E-state index in [9.17, 15) is 4.79 Å². The van der Waals surface area contributed by atoms with Crippen molar-refractivity contribution >= 4 is 5.78 Å². The fourth-order valence-corrected chi connectivity index (χ4v) is 1.94. The van der Waals surface area contributed by atoms with E-state index in [2.05, 4.69) is 6.58 Å². The Balaban J connectivity index is 2.33. The molecular weight excluding hydrogens is 162 g/mol. The molecule has 13 heavy (non-hydrogen) atoms. The Hall–Kier alpha value is -0.630. The van der Waals surface area contributed by atoms with Crippen molar-refractivity contribution in [3.8, 4) is 0 Å². The minimum Gasteiger partial charge on any atom is -0.319 e. The Morgan fingerprint density at radius 2 is 2.08 bits per heavy atom. The van der Waals surface area contributed by atoms with E-state index >= 15 is 0 Å². The van der Waals surface area contributed by atoms with E-state index in [1.807, 2.05) is 6.08 Å². The lowest BCUT2D eigenvalue weighted by Crippen LogP contribution is -2.45. The van der Waals surface area contributed by atoms with Gasteiger partial charge in [0.2, 0.25) is 0 Å². The Kier molecular flexibility index (Phi) is 3.67. The lowest BCUT2D eigenvalue weighted by Gasteiger charge is -2.21. The zero-order chi connectivity index (χ0) is 9.73. The molecule has 1 rings (SSSR count). The van der Waals surface area contributed by atoms with Crippen molar-refractivity contribution in [1.82, 2.24) is 0 Å². The van der Waals surface area contributed by atoms with Crippen LogP contribution in [0.25, 0.3) is 0 Å². The SMILES string of the molecule is C=CCCCC(=O)C1(N)CCCC1. The molecule has 1 aliphatic rings. The van der Waals surface area contributed by atoms with Crippen molar-refractivity contribution in [2.45, 2.75) is 50.5 Å². The van der Waals surface area contributed by atoms with Gasteiger partial charge in [-0.15, -0.1) is 6.58 Å². The Labute approximate surface area is 80.2 Å². The van der Waals surface area contributed by atoms with Crippen LogP contribution in [0.1, 0.15) is 44.9 Å². The third kappa shape index (κ3) is 2.66. The van der Waals surface area contributed by atoms with Crippen LogP contribution >= 0.6 is 0 Å². The minimum atomic E-state index is -0.471. The van der Waals surface area contributed by atoms with E-state index in [4.69, 9.17) is 5.73 Å². The first-order valence-corrected chi connectivity index (χ1v) is 5.12. The van der Waals surface area contributed by atoms with Gasteiger partial charge < -0.3 is 5.73 Å². The molecule has 0 aromatic heterocycles. The standard InChI is InChI=1S/C11H19NO/c1-2-3-4-7-10(13)11(12)8-5-6-9-11/h2H,1,3-9,12H2. The van der Waals surface area contributed by atoms with Crippen molar-refractivity contribution in [3.63, 3.8) is 0 Å². The van der Waals surface area contributed by atoms with Gasteiger partial charge in [-0.2, -0.15) is 0 Å². The van der Waals surface area contributed by atoms with Crippen LogP contribution in [0.15, 0.2) is 12.7 Å². The van der Waals surface area contributed by atoms with Crippen molar-refractivity contribution in [2.24, 2.45) is 5.73 Å². The van der Waals surface area contributed by atoms with Crippen LogP contribution in [0.5, 0.6) is 0 Å². The third-order valence-electron chi connectivity index (χ3n) is 2.86.